The number of rotatable bonds is 7. The van der Waals surface area contributed by atoms with E-state index in [4.69, 9.17) is 14.6 Å². The number of carboxylic acid groups (broad SMARTS) is 1. The largest absolute Gasteiger partial charge is 0.480 e. The number of nitrogens with zero attached hydrogens (tertiary/aromatic N) is 2. The van der Waals surface area contributed by atoms with Crippen LogP contribution in [0, 0.1) is 6.92 Å². The topological polar surface area (TPSA) is 98.6 Å². The number of carbonyl (C=O) groups is 2. The van der Waals surface area contributed by atoms with Crippen LogP contribution in [0.15, 0.2) is 0 Å². The molecule has 0 unspecified atom stereocenters. The van der Waals surface area contributed by atoms with Crippen molar-refractivity contribution in [2.24, 2.45) is 0 Å². The molecule has 0 spiro atoms. The van der Waals surface area contributed by atoms with E-state index in [0.29, 0.717) is 36.7 Å². The maximum atomic E-state index is 11.2. The Morgan fingerprint density at radius 3 is 2.55 bits per heavy atom. The van der Waals surface area contributed by atoms with Gasteiger partial charge in [-0.1, -0.05) is 0 Å². The summed E-state index contributed by atoms with van der Waals surface area (Å²) in [5.74, 6) is -1.16. The molecule has 20 heavy (non-hydrogen) atoms. The second kappa shape index (κ2) is 7.42. The van der Waals surface area contributed by atoms with Crippen LogP contribution in [-0.2, 0) is 16.0 Å². The molecule has 0 saturated carbocycles. The third-order valence-electron chi connectivity index (χ3n) is 2.59. The van der Waals surface area contributed by atoms with Gasteiger partial charge in [0.05, 0.1) is 19.4 Å². The lowest BCUT2D eigenvalue weighted by Crippen LogP contribution is -2.12. The van der Waals surface area contributed by atoms with E-state index in [2.05, 4.69) is 9.97 Å². The highest BCUT2D eigenvalue weighted by atomic mass is 16.5. The van der Waals surface area contributed by atoms with Gasteiger partial charge in [-0.25, -0.2) is 14.8 Å². The Labute approximate surface area is 116 Å². The van der Waals surface area contributed by atoms with Crippen LogP contribution in [-0.4, -0.2) is 40.7 Å². The van der Waals surface area contributed by atoms with Crippen molar-refractivity contribution in [3.8, 4) is 5.88 Å². The molecule has 7 heteroatoms. The van der Waals surface area contributed by atoms with Crippen LogP contribution in [0.3, 0.4) is 0 Å². The van der Waals surface area contributed by atoms with Crippen molar-refractivity contribution < 1.29 is 24.2 Å². The predicted octanol–water partition coefficient (Wildman–Crippen LogP) is 1.38. The highest BCUT2D eigenvalue weighted by molar-refractivity contribution is 5.86. The highest BCUT2D eigenvalue weighted by Gasteiger charge is 2.17. The van der Waals surface area contributed by atoms with Crippen molar-refractivity contribution in [3.63, 3.8) is 0 Å². The Kier molecular flexibility index (Phi) is 5.89. The van der Waals surface area contributed by atoms with Crippen molar-refractivity contribution in [1.82, 2.24) is 9.97 Å². The quantitative estimate of drug-likeness (QED) is 0.754. The SMILES string of the molecule is CCOC(=O)CCCc1nc(OC)c(C)nc1C(=O)O. The van der Waals surface area contributed by atoms with Crippen molar-refractivity contribution in [2.75, 3.05) is 13.7 Å². The van der Waals surface area contributed by atoms with Gasteiger partial charge in [0.1, 0.15) is 5.69 Å². The zero-order valence-corrected chi connectivity index (χ0v) is 11.8. The van der Waals surface area contributed by atoms with Gasteiger partial charge < -0.3 is 14.6 Å². The van der Waals surface area contributed by atoms with Gasteiger partial charge in [-0.05, 0) is 26.7 Å². The summed E-state index contributed by atoms with van der Waals surface area (Å²) < 4.78 is 9.83. The Hall–Kier alpha value is -2.18. The molecule has 110 valence electrons. The van der Waals surface area contributed by atoms with E-state index in [1.165, 1.54) is 7.11 Å². The Morgan fingerprint density at radius 1 is 1.30 bits per heavy atom. The first-order valence-corrected chi connectivity index (χ1v) is 6.30. The first-order valence-electron chi connectivity index (χ1n) is 6.30. The molecule has 0 aromatic carbocycles. The molecule has 0 bridgehead atoms. The van der Waals surface area contributed by atoms with Crippen LogP contribution in [0.5, 0.6) is 5.88 Å². The van der Waals surface area contributed by atoms with Crippen molar-refractivity contribution in [2.45, 2.75) is 33.1 Å². The monoisotopic (exact) mass is 282 g/mol. The highest BCUT2D eigenvalue weighted by Crippen LogP contribution is 2.17. The molecule has 0 aliphatic carbocycles. The Balaban J connectivity index is 2.82. The summed E-state index contributed by atoms with van der Waals surface area (Å²) in [6.45, 7) is 3.69. The summed E-state index contributed by atoms with van der Waals surface area (Å²) in [5.41, 5.74) is 0.621. The molecule has 0 fully saturated rings. The molecule has 0 saturated heterocycles. The third-order valence-corrected chi connectivity index (χ3v) is 2.59. The average molecular weight is 282 g/mol. The zero-order valence-electron chi connectivity index (χ0n) is 11.8. The fraction of sp³-hybridized carbons (Fsp3) is 0.538. The van der Waals surface area contributed by atoms with E-state index in [-0.39, 0.29) is 18.1 Å². The summed E-state index contributed by atoms with van der Waals surface area (Å²) in [4.78, 5) is 30.5. The lowest BCUT2D eigenvalue weighted by Gasteiger charge is -2.09. The molecule has 1 aromatic rings. The van der Waals surface area contributed by atoms with Crippen molar-refractivity contribution >= 4 is 11.9 Å². The molecule has 1 aromatic heterocycles. The summed E-state index contributed by atoms with van der Waals surface area (Å²) in [7, 11) is 1.44. The van der Waals surface area contributed by atoms with Gasteiger partial charge in [-0.3, -0.25) is 4.79 Å². The van der Waals surface area contributed by atoms with Gasteiger partial charge in [0.25, 0.3) is 0 Å². The van der Waals surface area contributed by atoms with E-state index in [1.807, 2.05) is 0 Å². The molecule has 0 aliphatic rings. The van der Waals surface area contributed by atoms with Crippen LogP contribution < -0.4 is 4.74 Å². The summed E-state index contributed by atoms with van der Waals surface area (Å²) in [6.07, 6.45) is 0.981. The molecule has 0 amide bonds. The maximum Gasteiger partial charge on any atom is 0.356 e. The van der Waals surface area contributed by atoms with Crippen molar-refractivity contribution in [3.05, 3.63) is 17.1 Å². The number of ether oxygens (including phenoxy) is 2. The lowest BCUT2D eigenvalue weighted by atomic mass is 10.1. The van der Waals surface area contributed by atoms with Gasteiger partial charge in [-0.15, -0.1) is 0 Å². The molecule has 1 rings (SSSR count). The smallest absolute Gasteiger partial charge is 0.356 e. The minimum absolute atomic E-state index is 0.104. The number of carbonyl (C=O) groups excluding carboxylic acids is 1. The van der Waals surface area contributed by atoms with Crippen LogP contribution in [0.1, 0.15) is 41.6 Å². The number of hydrogen-bond acceptors (Lipinski definition) is 6. The third kappa shape index (κ3) is 4.18. The van der Waals surface area contributed by atoms with Gasteiger partial charge in [0.2, 0.25) is 5.88 Å². The molecule has 7 nitrogen and oxygen atoms in total. The molecule has 0 aliphatic heterocycles. The second-order valence-corrected chi connectivity index (χ2v) is 4.08. The molecule has 1 heterocycles. The predicted molar refractivity (Wildman–Crippen MR) is 69.9 cm³/mol. The van der Waals surface area contributed by atoms with Crippen LogP contribution in [0.4, 0.5) is 0 Å². The standard InChI is InChI=1S/C13H18N2O5/c1-4-20-10(16)7-5-6-9-11(13(17)18)14-8(2)12(15-9)19-3/h4-7H2,1-3H3,(H,17,18). The second-order valence-electron chi connectivity index (χ2n) is 4.08. The van der Waals surface area contributed by atoms with E-state index in [0.717, 1.165) is 0 Å². The zero-order chi connectivity index (χ0) is 15.1. The number of aromatic nitrogens is 2. The number of hydrogen-bond donors (Lipinski definition) is 1. The molecular formula is C13H18N2O5. The van der Waals surface area contributed by atoms with Gasteiger partial charge in [0, 0.05) is 6.42 Å². The summed E-state index contributed by atoms with van der Waals surface area (Å²) in [5, 5.41) is 9.11. The Morgan fingerprint density at radius 2 is 2.00 bits per heavy atom. The number of aryl methyl sites for hydroxylation is 2. The minimum Gasteiger partial charge on any atom is -0.480 e. The molecule has 0 atom stereocenters. The van der Waals surface area contributed by atoms with Crippen LogP contribution >= 0.6 is 0 Å². The van der Waals surface area contributed by atoms with Gasteiger partial charge in [-0.2, -0.15) is 0 Å². The first kappa shape index (κ1) is 15.9. The number of carboxylic acids is 1. The molecule has 0 radical (unpaired) electrons. The average Bonchev–Trinajstić information content (AvgIpc) is 2.40. The normalized spacial score (nSPS) is 10.2. The van der Waals surface area contributed by atoms with E-state index in [1.54, 1.807) is 13.8 Å². The summed E-state index contributed by atoms with van der Waals surface area (Å²) in [6, 6.07) is 0. The van der Waals surface area contributed by atoms with Gasteiger partial charge in [0.15, 0.2) is 5.69 Å². The van der Waals surface area contributed by atoms with Gasteiger partial charge >= 0.3 is 11.9 Å². The number of methoxy groups -OCH3 is 1. The van der Waals surface area contributed by atoms with Crippen LogP contribution in [0.2, 0.25) is 0 Å². The maximum absolute atomic E-state index is 11.2. The van der Waals surface area contributed by atoms with Crippen molar-refractivity contribution in [1.29, 1.82) is 0 Å². The first-order chi connectivity index (χ1) is 9.49. The molecular weight excluding hydrogens is 264 g/mol. The number of esters is 1. The van der Waals surface area contributed by atoms with E-state index >= 15 is 0 Å². The number of aromatic carboxylic acids is 1. The van der Waals surface area contributed by atoms with E-state index < -0.39 is 5.97 Å². The minimum atomic E-state index is -1.14. The van der Waals surface area contributed by atoms with E-state index in [9.17, 15) is 9.59 Å². The summed E-state index contributed by atoms with van der Waals surface area (Å²) >= 11 is 0. The Bertz CT molecular complexity index is 502. The lowest BCUT2D eigenvalue weighted by molar-refractivity contribution is -0.143. The van der Waals surface area contributed by atoms with Crippen LogP contribution in [0.25, 0.3) is 0 Å². The fourth-order valence-corrected chi connectivity index (χ4v) is 1.71. The molecule has 1 N–H and O–H groups in total. The fourth-order valence-electron chi connectivity index (χ4n) is 1.71.